The highest BCUT2D eigenvalue weighted by Crippen LogP contribution is 2.45. The third-order valence-electron chi connectivity index (χ3n) is 11.2. The fraction of sp³-hybridized carbons (Fsp3) is 0. The highest BCUT2D eigenvalue weighted by atomic mass is 16.3. The van der Waals surface area contributed by atoms with Gasteiger partial charge in [-0.15, -0.1) is 0 Å². The van der Waals surface area contributed by atoms with Crippen molar-refractivity contribution in [1.82, 2.24) is 4.57 Å². The summed E-state index contributed by atoms with van der Waals surface area (Å²) in [6.45, 7) is 0. The molecule has 0 unspecified atom stereocenters. The molecule has 0 amide bonds. The summed E-state index contributed by atoms with van der Waals surface area (Å²) in [6, 6.07) is 78.1. The maximum absolute atomic E-state index is 6.47. The predicted octanol–water partition coefficient (Wildman–Crippen LogP) is 15.2. The molecule has 0 aliphatic heterocycles. The molecule has 0 bridgehead atoms. The molecule has 3 nitrogen and oxygen atoms in total. The molecule has 3 heteroatoms. The minimum absolute atomic E-state index is 0.860. The van der Waals surface area contributed by atoms with E-state index in [0.29, 0.717) is 0 Å². The van der Waals surface area contributed by atoms with E-state index in [1.54, 1.807) is 0 Å². The van der Waals surface area contributed by atoms with Crippen LogP contribution in [-0.4, -0.2) is 4.57 Å². The van der Waals surface area contributed by atoms with Crippen molar-refractivity contribution in [2.75, 3.05) is 4.90 Å². The van der Waals surface area contributed by atoms with E-state index in [-0.39, 0.29) is 0 Å². The Balaban J connectivity index is 1.10. The van der Waals surface area contributed by atoms with Gasteiger partial charge in [-0.25, -0.2) is 0 Å². The number of benzene rings is 9. The van der Waals surface area contributed by atoms with Gasteiger partial charge in [0.2, 0.25) is 0 Å². The smallest absolute Gasteiger partial charge is 0.137 e. The average Bonchev–Trinajstić information content (AvgIpc) is 3.83. The standard InChI is InChI=1S/C54H36N2O/c1-4-15-37(16-5-1)40-29-34-50(48(35-40)38-17-6-2-7-18-38)55(43-32-33-46-45-21-11-13-26-52(45)57-53(46)36-43)42-30-27-39(28-31-42)44-23-14-25-51-54(44)47-22-10-12-24-49(47)56(51)41-19-8-3-9-20-41/h1-36H. The molecule has 0 atom stereocenters. The maximum atomic E-state index is 6.47. The van der Waals surface area contributed by atoms with Crippen LogP contribution in [0.15, 0.2) is 223 Å². The molecule has 2 aromatic heterocycles. The molecule has 0 aliphatic rings. The van der Waals surface area contributed by atoms with Crippen molar-refractivity contribution in [2.24, 2.45) is 0 Å². The third-order valence-corrected chi connectivity index (χ3v) is 11.2. The van der Waals surface area contributed by atoms with Crippen molar-refractivity contribution in [3.8, 4) is 39.1 Å². The van der Waals surface area contributed by atoms with E-state index in [4.69, 9.17) is 4.42 Å². The molecule has 268 valence electrons. The number of aromatic nitrogens is 1. The van der Waals surface area contributed by atoms with Crippen LogP contribution in [0.5, 0.6) is 0 Å². The molecule has 0 N–H and O–H groups in total. The SMILES string of the molecule is c1ccc(-c2ccc(N(c3ccc(-c4cccc5c4c4ccccc4n5-c4ccccc4)cc3)c3ccc4c(c3)oc3ccccc34)c(-c3ccccc3)c2)cc1. The normalized spacial score (nSPS) is 11.5. The Kier molecular flexibility index (Phi) is 7.82. The first-order valence-electron chi connectivity index (χ1n) is 19.4. The van der Waals surface area contributed by atoms with Crippen molar-refractivity contribution in [3.05, 3.63) is 218 Å². The summed E-state index contributed by atoms with van der Waals surface area (Å²) < 4.78 is 8.84. The number of hydrogen-bond acceptors (Lipinski definition) is 2. The van der Waals surface area contributed by atoms with Crippen molar-refractivity contribution in [3.63, 3.8) is 0 Å². The molecule has 0 aliphatic carbocycles. The van der Waals surface area contributed by atoms with Gasteiger partial charge in [-0.05, 0) is 94.5 Å². The summed E-state index contributed by atoms with van der Waals surface area (Å²) in [5, 5.41) is 4.72. The number of fused-ring (bicyclic) bond motifs is 6. The highest BCUT2D eigenvalue weighted by molar-refractivity contribution is 6.16. The van der Waals surface area contributed by atoms with Gasteiger partial charge in [-0.1, -0.05) is 146 Å². The Hall–Kier alpha value is -7.62. The lowest BCUT2D eigenvalue weighted by atomic mass is 9.95. The molecule has 0 radical (unpaired) electrons. The molecule has 2 heterocycles. The van der Waals surface area contributed by atoms with Crippen molar-refractivity contribution < 1.29 is 4.42 Å². The summed E-state index contributed by atoms with van der Waals surface area (Å²) >= 11 is 0. The number of hydrogen-bond donors (Lipinski definition) is 0. The first kappa shape index (κ1) is 32.8. The molecule has 0 fully saturated rings. The van der Waals surface area contributed by atoms with E-state index in [9.17, 15) is 0 Å². The molecule has 9 aromatic carbocycles. The number of furan rings is 1. The zero-order valence-electron chi connectivity index (χ0n) is 31.1. The quantitative estimate of drug-likeness (QED) is 0.163. The topological polar surface area (TPSA) is 21.3 Å². The second-order valence-corrected chi connectivity index (χ2v) is 14.5. The molecule has 11 rings (SSSR count). The highest BCUT2D eigenvalue weighted by Gasteiger charge is 2.21. The van der Waals surface area contributed by atoms with Crippen LogP contribution < -0.4 is 4.90 Å². The molecule has 0 saturated carbocycles. The zero-order chi connectivity index (χ0) is 37.7. The van der Waals surface area contributed by atoms with Gasteiger partial charge in [0, 0.05) is 50.2 Å². The Labute approximate surface area is 330 Å². The van der Waals surface area contributed by atoms with Crippen LogP contribution in [0.4, 0.5) is 17.1 Å². The Morgan fingerprint density at radius 3 is 1.74 bits per heavy atom. The van der Waals surface area contributed by atoms with E-state index in [1.807, 2.05) is 12.1 Å². The van der Waals surface area contributed by atoms with Gasteiger partial charge in [-0.2, -0.15) is 0 Å². The summed E-state index contributed by atoms with van der Waals surface area (Å²) in [4.78, 5) is 2.37. The summed E-state index contributed by atoms with van der Waals surface area (Å²) in [5.41, 5.74) is 15.5. The van der Waals surface area contributed by atoms with Crippen molar-refractivity contribution in [1.29, 1.82) is 0 Å². The fourth-order valence-electron chi connectivity index (χ4n) is 8.58. The van der Waals surface area contributed by atoms with Crippen LogP contribution >= 0.6 is 0 Å². The summed E-state index contributed by atoms with van der Waals surface area (Å²) in [5.74, 6) is 0. The monoisotopic (exact) mass is 728 g/mol. The predicted molar refractivity (Wildman–Crippen MR) is 239 cm³/mol. The molecule has 57 heavy (non-hydrogen) atoms. The van der Waals surface area contributed by atoms with E-state index in [1.165, 1.54) is 38.5 Å². The third kappa shape index (κ3) is 5.60. The number of anilines is 3. The molecular formula is C54H36N2O. The average molecular weight is 729 g/mol. The Morgan fingerprint density at radius 2 is 0.947 bits per heavy atom. The summed E-state index contributed by atoms with van der Waals surface area (Å²) in [6.07, 6.45) is 0. The van der Waals surface area contributed by atoms with Crippen molar-refractivity contribution in [2.45, 2.75) is 0 Å². The first-order valence-corrected chi connectivity index (χ1v) is 19.4. The van der Waals surface area contributed by atoms with Crippen LogP contribution in [0.3, 0.4) is 0 Å². The van der Waals surface area contributed by atoms with Crippen LogP contribution in [0.2, 0.25) is 0 Å². The molecular weight excluding hydrogens is 693 g/mol. The number of rotatable bonds is 7. The Bertz CT molecular complexity index is 3220. The van der Waals surface area contributed by atoms with Gasteiger partial charge >= 0.3 is 0 Å². The van der Waals surface area contributed by atoms with Gasteiger partial charge in [0.1, 0.15) is 11.2 Å². The number of nitrogens with zero attached hydrogens (tertiary/aromatic N) is 2. The minimum atomic E-state index is 0.860. The van der Waals surface area contributed by atoms with Crippen molar-refractivity contribution >= 4 is 60.8 Å². The fourth-order valence-corrected chi connectivity index (χ4v) is 8.58. The first-order chi connectivity index (χ1) is 28.3. The summed E-state index contributed by atoms with van der Waals surface area (Å²) in [7, 11) is 0. The van der Waals surface area contributed by atoms with Gasteiger partial charge in [0.15, 0.2) is 0 Å². The van der Waals surface area contributed by atoms with Gasteiger partial charge in [0.05, 0.1) is 16.7 Å². The maximum Gasteiger partial charge on any atom is 0.137 e. The Morgan fingerprint density at radius 1 is 0.351 bits per heavy atom. The van der Waals surface area contributed by atoms with Crippen LogP contribution in [0.25, 0.3) is 82.8 Å². The second kappa shape index (κ2) is 13.6. The molecule has 0 saturated heterocycles. The lowest BCUT2D eigenvalue weighted by Gasteiger charge is -2.28. The lowest BCUT2D eigenvalue weighted by molar-refractivity contribution is 0.669. The second-order valence-electron chi connectivity index (χ2n) is 14.5. The molecule has 11 aromatic rings. The minimum Gasteiger partial charge on any atom is -0.456 e. The van der Waals surface area contributed by atoms with Crippen LogP contribution in [-0.2, 0) is 0 Å². The lowest BCUT2D eigenvalue weighted by Crippen LogP contribution is -2.11. The van der Waals surface area contributed by atoms with Gasteiger partial charge in [0.25, 0.3) is 0 Å². The van der Waals surface area contributed by atoms with Crippen LogP contribution in [0, 0.1) is 0 Å². The van der Waals surface area contributed by atoms with E-state index >= 15 is 0 Å². The van der Waals surface area contributed by atoms with Gasteiger partial charge in [-0.3, -0.25) is 0 Å². The van der Waals surface area contributed by atoms with Gasteiger partial charge < -0.3 is 13.9 Å². The number of para-hydroxylation sites is 3. The largest absolute Gasteiger partial charge is 0.456 e. The van der Waals surface area contributed by atoms with E-state index in [2.05, 4.69) is 216 Å². The van der Waals surface area contributed by atoms with E-state index in [0.717, 1.165) is 61.4 Å². The van der Waals surface area contributed by atoms with E-state index < -0.39 is 0 Å². The van der Waals surface area contributed by atoms with Crippen LogP contribution in [0.1, 0.15) is 0 Å². The molecule has 0 spiro atoms. The zero-order valence-corrected chi connectivity index (χ0v) is 31.1.